The Kier molecular flexibility index (Phi) is 4.29. The topological polar surface area (TPSA) is 134 Å². The van der Waals surface area contributed by atoms with Gasteiger partial charge in [-0.25, -0.2) is 13.6 Å². The molecule has 0 radical (unpaired) electrons. The number of azide groups is 1. The number of sulfonamides is 1. The van der Waals surface area contributed by atoms with Crippen LogP contribution in [0, 0.1) is 0 Å². The summed E-state index contributed by atoms with van der Waals surface area (Å²) < 4.78 is 22.4. The largest absolute Gasteiger partial charge is 0.238 e. The van der Waals surface area contributed by atoms with Gasteiger partial charge in [-0.1, -0.05) is 30.3 Å². The lowest BCUT2D eigenvalue weighted by atomic mass is 10.0. The number of nitrogens with two attached hydrogens (primary N) is 1. The smallest absolute Gasteiger partial charge is 0.225 e. The molecule has 0 aliphatic carbocycles. The third-order valence-corrected chi connectivity index (χ3v) is 3.56. The van der Waals surface area contributed by atoms with E-state index in [-0.39, 0.29) is 4.90 Å². The average molecular weight is 302 g/mol. The Hall–Kier alpha value is -2.74. The molecule has 0 atom stereocenters. The second-order valence-corrected chi connectivity index (χ2v) is 5.52. The molecule has 0 unspecified atom stereocenters. The molecule has 0 fully saturated rings. The summed E-state index contributed by atoms with van der Waals surface area (Å²) in [5, 5.41) is 15.2. The van der Waals surface area contributed by atoms with Gasteiger partial charge in [-0.2, -0.15) is 4.91 Å². The third-order valence-electron chi connectivity index (χ3n) is 2.63. The van der Waals surface area contributed by atoms with E-state index in [1.807, 2.05) is 0 Å². The van der Waals surface area contributed by atoms with Crippen molar-refractivity contribution in [2.45, 2.75) is 4.90 Å². The minimum Gasteiger partial charge on any atom is -0.225 e. The van der Waals surface area contributed by atoms with Gasteiger partial charge in [0, 0.05) is 5.56 Å². The van der Waals surface area contributed by atoms with E-state index in [2.05, 4.69) is 20.5 Å². The zero-order valence-electron chi connectivity index (χ0n) is 10.7. The van der Waals surface area contributed by atoms with Crippen LogP contribution in [0.4, 0.5) is 5.69 Å². The Morgan fingerprint density at radius 3 is 2.33 bits per heavy atom. The molecular formula is C12H10N6O2S. The Bertz CT molecular complexity index is 823. The molecule has 106 valence electrons. The zero-order valence-corrected chi connectivity index (χ0v) is 11.5. The van der Waals surface area contributed by atoms with Crippen LogP contribution in [0.25, 0.3) is 21.6 Å². The van der Waals surface area contributed by atoms with Crippen molar-refractivity contribution in [2.75, 3.05) is 0 Å². The summed E-state index contributed by atoms with van der Waals surface area (Å²) in [6, 6.07) is 13.1. The fourth-order valence-electron chi connectivity index (χ4n) is 1.72. The number of hydrogen-bond donors (Lipinski definition) is 1. The Morgan fingerprint density at radius 2 is 1.71 bits per heavy atom. The molecule has 0 amide bonds. The zero-order chi connectivity index (χ0) is 15.3. The fourth-order valence-corrected chi connectivity index (χ4v) is 2.23. The van der Waals surface area contributed by atoms with E-state index in [0.29, 0.717) is 5.69 Å². The predicted molar refractivity (Wildman–Crippen MR) is 76.9 cm³/mol. The van der Waals surface area contributed by atoms with Gasteiger partial charge in [0.25, 0.3) is 0 Å². The first-order valence-electron chi connectivity index (χ1n) is 5.70. The predicted octanol–water partition coefficient (Wildman–Crippen LogP) is 3.31. The first-order chi connectivity index (χ1) is 10.0. The van der Waals surface area contributed by atoms with Crippen LogP contribution in [0.1, 0.15) is 0 Å². The highest BCUT2D eigenvalue weighted by Gasteiger charge is 2.09. The molecule has 2 aromatic carbocycles. The van der Waals surface area contributed by atoms with E-state index in [1.54, 1.807) is 36.4 Å². The van der Waals surface area contributed by atoms with Gasteiger partial charge in [0.05, 0.1) is 10.1 Å². The summed E-state index contributed by atoms with van der Waals surface area (Å²) in [4.78, 5) is 2.50. The van der Waals surface area contributed by atoms with Gasteiger partial charge < -0.3 is 0 Å². The Labute approximate surface area is 120 Å². The molecule has 0 aliphatic heterocycles. The molecule has 21 heavy (non-hydrogen) atoms. The normalized spacial score (nSPS) is 11.3. The lowest BCUT2D eigenvalue weighted by molar-refractivity contribution is 0.598. The number of rotatable bonds is 4. The van der Waals surface area contributed by atoms with Crippen molar-refractivity contribution in [1.29, 1.82) is 0 Å². The molecule has 8 nitrogen and oxygen atoms in total. The lowest BCUT2D eigenvalue weighted by Gasteiger charge is -2.04. The number of hydrogen-bond acceptors (Lipinski definition) is 3. The van der Waals surface area contributed by atoms with Crippen LogP contribution in [0.2, 0.25) is 0 Å². The van der Waals surface area contributed by atoms with Crippen molar-refractivity contribution in [2.24, 2.45) is 20.7 Å². The maximum absolute atomic E-state index is 11.2. The Morgan fingerprint density at radius 1 is 1.05 bits per heavy atom. The van der Waals surface area contributed by atoms with E-state index in [1.165, 1.54) is 12.1 Å². The highest BCUT2D eigenvalue weighted by Crippen LogP contribution is 2.30. The molecule has 2 rings (SSSR count). The van der Waals surface area contributed by atoms with E-state index in [9.17, 15) is 8.42 Å². The van der Waals surface area contributed by atoms with Crippen molar-refractivity contribution in [1.82, 2.24) is 0 Å². The monoisotopic (exact) mass is 302 g/mol. The van der Waals surface area contributed by atoms with Crippen LogP contribution in [0.3, 0.4) is 0 Å². The summed E-state index contributed by atoms with van der Waals surface area (Å²) in [6.45, 7) is 0. The molecule has 0 saturated carbocycles. The van der Waals surface area contributed by atoms with Crippen molar-refractivity contribution < 1.29 is 8.42 Å². The molecule has 0 aromatic heterocycles. The molecule has 0 heterocycles. The average Bonchev–Trinajstić information content (AvgIpc) is 2.47. The van der Waals surface area contributed by atoms with Crippen molar-refractivity contribution >= 4 is 15.7 Å². The summed E-state index contributed by atoms with van der Waals surface area (Å²) in [7, 11) is -3.73. The van der Waals surface area contributed by atoms with E-state index < -0.39 is 10.0 Å². The minimum atomic E-state index is -3.73. The van der Waals surface area contributed by atoms with Crippen molar-refractivity contribution in [3.63, 3.8) is 0 Å². The van der Waals surface area contributed by atoms with Crippen LogP contribution in [-0.4, -0.2) is 8.42 Å². The molecule has 0 spiro atoms. The highest BCUT2D eigenvalue weighted by molar-refractivity contribution is 7.89. The SMILES string of the molecule is [N-]=[N+]=NN=Nc1ccccc1-c1ccc(S(N)(=O)=O)cc1. The van der Waals surface area contributed by atoms with Crippen molar-refractivity contribution in [3.05, 3.63) is 59.0 Å². The molecule has 2 aromatic rings. The maximum Gasteiger partial charge on any atom is 0.238 e. The molecular weight excluding hydrogens is 292 g/mol. The minimum absolute atomic E-state index is 0.0273. The van der Waals surface area contributed by atoms with Gasteiger partial charge in [-0.15, -0.1) is 5.53 Å². The van der Waals surface area contributed by atoms with Gasteiger partial charge in [0.1, 0.15) is 10.9 Å². The van der Waals surface area contributed by atoms with Gasteiger partial charge >= 0.3 is 0 Å². The fraction of sp³-hybridized carbons (Fsp3) is 0. The van der Waals surface area contributed by atoms with Gasteiger partial charge in [-0.3, -0.25) is 0 Å². The summed E-state index contributed by atoms with van der Waals surface area (Å²) in [6.07, 6.45) is 0. The van der Waals surface area contributed by atoms with Crippen LogP contribution < -0.4 is 5.14 Å². The molecule has 0 bridgehead atoms. The van der Waals surface area contributed by atoms with Crippen LogP contribution in [-0.2, 0) is 10.0 Å². The third kappa shape index (κ3) is 3.63. The van der Waals surface area contributed by atoms with E-state index in [4.69, 9.17) is 10.7 Å². The lowest BCUT2D eigenvalue weighted by Crippen LogP contribution is -2.11. The van der Waals surface area contributed by atoms with Crippen molar-refractivity contribution in [3.8, 4) is 11.1 Å². The Balaban J connectivity index is 2.45. The van der Waals surface area contributed by atoms with Crippen LogP contribution >= 0.6 is 0 Å². The van der Waals surface area contributed by atoms with Gasteiger partial charge in [0.2, 0.25) is 10.0 Å². The molecule has 0 saturated heterocycles. The van der Waals surface area contributed by atoms with Gasteiger partial charge in [0.15, 0.2) is 0 Å². The van der Waals surface area contributed by atoms with Crippen LogP contribution in [0.5, 0.6) is 0 Å². The molecule has 9 heteroatoms. The maximum atomic E-state index is 11.2. The number of nitrogens with zero attached hydrogens (tertiary/aromatic N) is 5. The second kappa shape index (κ2) is 6.14. The molecule has 2 N–H and O–H groups in total. The number of primary sulfonamides is 1. The molecule has 0 aliphatic rings. The highest BCUT2D eigenvalue weighted by atomic mass is 32.2. The first-order valence-corrected chi connectivity index (χ1v) is 7.24. The summed E-state index contributed by atoms with van der Waals surface area (Å²) in [5.74, 6) is 0. The summed E-state index contributed by atoms with van der Waals surface area (Å²) in [5.41, 5.74) is 10.1. The first kappa shape index (κ1) is 14.7. The quantitative estimate of drug-likeness (QED) is 0.401. The van der Waals surface area contributed by atoms with E-state index in [0.717, 1.165) is 11.1 Å². The second-order valence-electron chi connectivity index (χ2n) is 3.95. The van der Waals surface area contributed by atoms with Gasteiger partial charge in [-0.05, 0) is 28.9 Å². The van der Waals surface area contributed by atoms with Crippen LogP contribution in [0.15, 0.2) is 69.0 Å². The standard InChI is InChI=1S/C12H10N6O2S/c13-16-18-17-15-12-4-2-1-3-11(12)9-5-7-10(8-6-9)21(14,19)20/h1-8H,(H2,14,19,20). The summed E-state index contributed by atoms with van der Waals surface area (Å²) >= 11 is 0. The number of benzene rings is 2. The van der Waals surface area contributed by atoms with E-state index >= 15 is 0 Å².